The highest BCUT2D eigenvalue weighted by Crippen LogP contribution is 2.20. The number of nitrogens with two attached hydrogens (primary N) is 1. The van der Waals surface area contributed by atoms with Crippen molar-refractivity contribution in [2.45, 2.75) is 39.7 Å². The SMILES string of the molecule is CC(C)(C)CCS(=N)(=O)CC[C@H](N)C(=O)Nc1ccccc1. The third-order valence-electron chi connectivity index (χ3n) is 3.32. The van der Waals surface area contributed by atoms with Gasteiger partial charge in [0.25, 0.3) is 0 Å². The lowest BCUT2D eigenvalue weighted by molar-refractivity contribution is -0.117. The Hall–Kier alpha value is -1.40. The average Bonchev–Trinajstić information content (AvgIpc) is 2.43. The minimum atomic E-state index is -2.68. The molecule has 5 nitrogen and oxygen atoms in total. The Morgan fingerprint density at radius 2 is 1.86 bits per heavy atom. The maximum Gasteiger partial charge on any atom is 0.241 e. The Bertz CT molecular complexity index is 577. The van der Waals surface area contributed by atoms with E-state index in [1.165, 1.54) is 0 Å². The second-order valence-electron chi connectivity index (χ2n) is 6.78. The molecule has 4 N–H and O–H groups in total. The van der Waals surface area contributed by atoms with Crippen molar-refractivity contribution in [1.29, 1.82) is 4.78 Å². The molecule has 0 aliphatic heterocycles. The van der Waals surface area contributed by atoms with Gasteiger partial charge in [-0.3, -0.25) is 9.57 Å². The van der Waals surface area contributed by atoms with Crippen LogP contribution in [-0.4, -0.2) is 27.7 Å². The molecule has 0 spiro atoms. The van der Waals surface area contributed by atoms with Crippen LogP contribution in [0.4, 0.5) is 5.69 Å². The number of para-hydroxylation sites is 1. The molecule has 0 saturated carbocycles. The first kappa shape index (κ1) is 18.6. The lowest BCUT2D eigenvalue weighted by Gasteiger charge is -2.19. The predicted octanol–water partition coefficient (Wildman–Crippen LogP) is 2.83. The minimum absolute atomic E-state index is 0.0521. The number of rotatable bonds is 7. The molecule has 0 aromatic heterocycles. The molecule has 1 amide bonds. The van der Waals surface area contributed by atoms with Crippen molar-refractivity contribution in [1.82, 2.24) is 0 Å². The van der Waals surface area contributed by atoms with Crippen LogP contribution in [0.2, 0.25) is 0 Å². The van der Waals surface area contributed by atoms with Crippen LogP contribution in [0.15, 0.2) is 30.3 Å². The summed E-state index contributed by atoms with van der Waals surface area (Å²) in [7, 11) is -2.68. The van der Waals surface area contributed by atoms with Crippen molar-refractivity contribution < 1.29 is 9.00 Å². The van der Waals surface area contributed by atoms with Crippen LogP contribution in [0.3, 0.4) is 0 Å². The molecule has 0 aliphatic carbocycles. The summed E-state index contributed by atoms with van der Waals surface area (Å²) in [4.78, 5) is 12.0. The smallest absolute Gasteiger partial charge is 0.241 e. The minimum Gasteiger partial charge on any atom is -0.325 e. The van der Waals surface area contributed by atoms with Crippen LogP contribution >= 0.6 is 0 Å². The van der Waals surface area contributed by atoms with Gasteiger partial charge in [-0.25, -0.2) is 4.21 Å². The summed E-state index contributed by atoms with van der Waals surface area (Å²) >= 11 is 0. The van der Waals surface area contributed by atoms with Crippen LogP contribution in [-0.2, 0) is 14.5 Å². The molecule has 1 rings (SSSR count). The fourth-order valence-electron chi connectivity index (χ4n) is 1.78. The van der Waals surface area contributed by atoms with Gasteiger partial charge in [0.2, 0.25) is 5.91 Å². The summed E-state index contributed by atoms with van der Waals surface area (Å²) < 4.78 is 20.1. The summed E-state index contributed by atoms with van der Waals surface area (Å²) in [6, 6.07) is 8.32. The maximum absolute atomic E-state index is 12.2. The normalized spacial score (nSPS) is 15.8. The Kier molecular flexibility index (Phi) is 6.56. The van der Waals surface area contributed by atoms with Crippen LogP contribution in [0.1, 0.15) is 33.6 Å². The van der Waals surface area contributed by atoms with E-state index in [-0.39, 0.29) is 23.5 Å². The highest BCUT2D eigenvalue weighted by Gasteiger charge is 2.19. The Morgan fingerprint density at radius 1 is 1.27 bits per heavy atom. The van der Waals surface area contributed by atoms with Gasteiger partial charge >= 0.3 is 0 Å². The highest BCUT2D eigenvalue weighted by atomic mass is 32.2. The zero-order valence-electron chi connectivity index (χ0n) is 13.6. The third-order valence-corrected chi connectivity index (χ3v) is 5.08. The Morgan fingerprint density at radius 3 is 2.41 bits per heavy atom. The maximum atomic E-state index is 12.2. The number of carbonyl (C=O) groups is 1. The van der Waals surface area contributed by atoms with Crippen molar-refractivity contribution in [3.05, 3.63) is 30.3 Å². The van der Waals surface area contributed by atoms with Gasteiger partial charge in [0.05, 0.1) is 6.04 Å². The molecule has 0 saturated heterocycles. The van der Waals surface area contributed by atoms with E-state index < -0.39 is 15.8 Å². The second kappa shape index (κ2) is 7.74. The van der Waals surface area contributed by atoms with Gasteiger partial charge in [-0.2, -0.15) is 0 Å². The Labute approximate surface area is 133 Å². The fourth-order valence-corrected chi connectivity index (χ4v) is 3.56. The van der Waals surface area contributed by atoms with E-state index in [2.05, 4.69) is 26.1 Å². The number of hydrogen-bond donors (Lipinski definition) is 3. The van der Waals surface area contributed by atoms with Gasteiger partial charge in [-0.05, 0) is 30.4 Å². The molecule has 0 heterocycles. The number of benzene rings is 1. The van der Waals surface area contributed by atoms with E-state index in [4.69, 9.17) is 10.5 Å². The number of carbonyl (C=O) groups excluding carboxylic acids is 1. The van der Waals surface area contributed by atoms with Gasteiger partial charge in [0.15, 0.2) is 0 Å². The van der Waals surface area contributed by atoms with Crippen molar-refractivity contribution in [2.75, 3.05) is 16.8 Å². The summed E-state index contributed by atoms with van der Waals surface area (Å²) in [5.41, 5.74) is 6.57. The molecule has 6 heteroatoms. The second-order valence-corrected chi connectivity index (χ2v) is 9.22. The van der Waals surface area contributed by atoms with E-state index in [9.17, 15) is 9.00 Å². The molecule has 22 heavy (non-hydrogen) atoms. The van der Waals surface area contributed by atoms with Crippen molar-refractivity contribution >= 4 is 21.3 Å². The zero-order chi connectivity index (χ0) is 16.8. The summed E-state index contributed by atoms with van der Waals surface area (Å²) in [5.74, 6) is 0.202. The molecular weight excluding hydrogens is 298 g/mol. The number of hydrogen-bond acceptors (Lipinski definition) is 4. The molecular formula is C16H27N3O2S. The average molecular weight is 325 g/mol. The van der Waals surface area contributed by atoms with Crippen molar-refractivity contribution in [3.8, 4) is 0 Å². The van der Waals surface area contributed by atoms with Crippen LogP contribution in [0, 0.1) is 10.2 Å². The van der Waals surface area contributed by atoms with Gasteiger partial charge in [-0.15, -0.1) is 0 Å². The predicted molar refractivity (Wildman–Crippen MR) is 92.3 cm³/mol. The monoisotopic (exact) mass is 325 g/mol. The first-order valence-corrected chi connectivity index (χ1v) is 9.34. The number of amides is 1. The Balaban J connectivity index is 2.44. The molecule has 0 aliphatic rings. The zero-order valence-corrected chi connectivity index (χ0v) is 14.4. The van der Waals surface area contributed by atoms with E-state index in [1.807, 2.05) is 18.2 Å². The molecule has 1 unspecified atom stereocenters. The first-order chi connectivity index (χ1) is 10.1. The van der Waals surface area contributed by atoms with E-state index in [1.54, 1.807) is 12.1 Å². The van der Waals surface area contributed by atoms with Gasteiger partial charge in [0.1, 0.15) is 0 Å². The molecule has 0 fully saturated rings. The van der Waals surface area contributed by atoms with Crippen LogP contribution < -0.4 is 11.1 Å². The molecule has 2 atom stereocenters. The van der Waals surface area contributed by atoms with Crippen molar-refractivity contribution in [3.63, 3.8) is 0 Å². The quantitative estimate of drug-likeness (QED) is 0.719. The highest BCUT2D eigenvalue weighted by molar-refractivity contribution is 7.92. The third kappa shape index (κ3) is 7.56. The first-order valence-electron chi connectivity index (χ1n) is 7.45. The topological polar surface area (TPSA) is 96.0 Å². The molecule has 124 valence electrons. The number of anilines is 1. The van der Waals surface area contributed by atoms with Gasteiger partial charge in [-0.1, -0.05) is 39.0 Å². The summed E-state index contributed by atoms with van der Waals surface area (Å²) in [6.45, 7) is 6.17. The summed E-state index contributed by atoms with van der Waals surface area (Å²) in [5, 5.41) is 2.72. The lowest BCUT2D eigenvalue weighted by atomic mass is 9.94. The van der Waals surface area contributed by atoms with E-state index in [0.29, 0.717) is 11.4 Å². The largest absolute Gasteiger partial charge is 0.325 e. The summed E-state index contributed by atoms with van der Waals surface area (Å²) in [6.07, 6.45) is 0.978. The molecule has 1 aromatic rings. The molecule has 0 bridgehead atoms. The van der Waals surface area contributed by atoms with Crippen LogP contribution in [0.5, 0.6) is 0 Å². The lowest BCUT2D eigenvalue weighted by Crippen LogP contribution is -2.37. The fraction of sp³-hybridized carbons (Fsp3) is 0.562. The van der Waals surface area contributed by atoms with Crippen LogP contribution in [0.25, 0.3) is 0 Å². The van der Waals surface area contributed by atoms with E-state index in [0.717, 1.165) is 6.42 Å². The standard InChI is InChI=1S/C16H27N3O2S/c1-16(2,3)10-12-22(18,21)11-9-14(17)15(20)19-13-7-5-4-6-8-13/h4-8,14,18H,9-12,17H2,1-3H3,(H,19,20)/t14-,22?/m0/s1. The molecule has 1 aromatic carbocycles. The number of nitrogens with one attached hydrogen (secondary N) is 2. The molecule has 0 radical (unpaired) electrons. The van der Waals surface area contributed by atoms with Crippen molar-refractivity contribution in [2.24, 2.45) is 11.1 Å². The van der Waals surface area contributed by atoms with Gasteiger partial charge < -0.3 is 11.1 Å². The van der Waals surface area contributed by atoms with E-state index >= 15 is 0 Å². The van der Waals surface area contributed by atoms with Gasteiger partial charge in [0, 0.05) is 26.9 Å².